The summed E-state index contributed by atoms with van der Waals surface area (Å²) in [7, 11) is 0. The van der Waals surface area contributed by atoms with Crippen molar-refractivity contribution < 1.29 is 5.32 Å². The lowest BCUT2D eigenvalue weighted by atomic mass is 9.84. The summed E-state index contributed by atoms with van der Waals surface area (Å²) in [5.41, 5.74) is 14.0. The van der Waals surface area contributed by atoms with E-state index >= 15 is 0 Å². The summed E-state index contributed by atoms with van der Waals surface area (Å²) in [5, 5.41) is 19.3. The predicted octanol–water partition coefficient (Wildman–Crippen LogP) is 10.8. The molecule has 280 valence electrons. The second-order valence-corrected chi connectivity index (χ2v) is 15.9. The molecule has 2 aliphatic heterocycles. The van der Waals surface area contributed by atoms with Crippen molar-refractivity contribution in [3.63, 3.8) is 0 Å². The van der Waals surface area contributed by atoms with Crippen molar-refractivity contribution in [3.8, 4) is 11.1 Å². The summed E-state index contributed by atoms with van der Waals surface area (Å²) in [6, 6.07) is 57.9. The Balaban J connectivity index is 0.963. The van der Waals surface area contributed by atoms with E-state index in [1.54, 1.807) is 0 Å². The van der Waals surface area contributed by atoms with Crippen molar-refractivity contribution in [2.45, 2.75) is 31.0 Å². The van der Waals surface area contributed by atoms with Crippen LogP contribution in [0.15, 0.2) is 211 Å². The molecule has 5 N–H and O–H groups in total. The number of rotatable bonds is 6. The van der Waals surface area contributed by atoms with Gasteiger partial charge in [-0.25, -0.2) is 0 Å². The van der Waals surface area contributed by atoms with E-state index in [-0.39, 0.29) is 24.5 Å². The number of nitrogens with two attached hydrogens (primary N) is 1. The van der Waals surface area contributed by atoms with Crippen LogP contribution in [0.5, 0.6) is 0 Å². The lowest BCUT2D eigenvalue weighted by molar-refractivity contribution is -0.606. The average Bonchev–Trinajstić information content (AvgIpc) is 3.31. The number of fused-ring (bicyclic) bond motifs is 5. The molecule has 0 radical (unpaired) electrons. The fourth-order valence-electron chi connectivity index (χ4n) is 9.45. The van der Waals surface area contributed by atoms with Crippen molar-refractivity contribution in [2.75, 3.05) is 0 Å². The minimum atomic E-state index is -0.0746. The SMILES string of the molecule is C1=CC2=CC(C3NC(c4ccc(-c5cc6c(c7ccccc57)C(c5ccccc5)=CC(c5ccccc5)[NH2+]6)cc4)NC(c4ccc5ccccc5c4)N3)=CCC2C=C1. The molecular weight excluding hydrogens is 705 g/mol. The van der Waals surface area contributed by atoms with Gasteiger partial charge in [-0.2, -0.15) is 0 Å². The lowest BCUT2D eigenvalue weighted by Crippen LogP contribution is -2.80. The van der Waals surface area contributed by atoms with Gasteiger partial charge in [0.1, 0.15) is 11.7 Å². The van der Waals surface area contributed by atoms with Gasteiger partial charge in [0, 0.05) is 17.5 Å². The Hall–Kier alpha value is -6.40. The average molecular weight is 750 g/mol. The molecule has 0 bridgehead atoms. The smallest absolute Gasteiger partial charge is 0.139 e. The first kappa shape index (κ1) is 34.8. The molecule has 4 nitrogen and oxygen atoms in total. The van der Waals surface area contributed by atoms with Gasteiger partial charge in [-0.15, -0.1) is 0 Å². The van der Waals surface area contributed by atoms with E-state index in [9.17, 15) is 0 Å². The summed E-state index contributed by atoms with van der Waals surface area (Å²) < 4.78 is 0. The minimum absolute atomic E-state index is 0.0281. The molecule has 1 saturated heterocycles. The van der Waals surface area contributed by atoms with Crippen LogP contribution in [0, 0.1) is 5.92 Å². The van der Waals surface area contributed by atoms with E-state index in [0.29, 0.717) is 5.92 Å². The lowest BCUT2D eigenvalue weighted by Gasteiger charge is -2.41. The highest BCUT2D eigenvalue weighted by Gasteiger charge is 2.32. The molecule has 7 aromatic carbocycles. The van der Waals surface area contributed by atoms with Crippen LogP contribution in [-0.2, 0) is 0 Å². The third-order valence-corrected chi connectivity index (χ3v) is 12.4. The molecular formula is C54H45N4+. The first-order valence-corrected chi connectivity index (χ1v) is 20.6. The second-order valence-electron chi connectivity index (χ2n) is 15.9. The summed E-state index contributed by atoms with van der Waals surface area (Å²) in [6.07, 6.45) is 17.0. The van der Waals surface area contributed by atoms with Crippen LogP contribution in [0.2, 0.25) is 0 Å². The molecule has 4 aliphatic rings. The van der Waals surface area contributed by atoms with Gasteiger partial charge in [0.25, 0.3) is 0 Å². The monoisotopic (exact) mass is 749 g/mol. The van der Waals surface area contributed by atoms with Gasteiger partial charge >= 0.3 is 0 Å². The van der Waals surface area contributed by atoms with Gasteiger partial charge in [-0.05, 0) is 84.6 Å². The number of quaternary nitrogens is 1. The van der Waals surface area contributed by atoms with E-state index < -0.39 is 0 Å². The maximum absolute atomic E-state index is 3.95. The van der Waals surface area contributed by atoms with Crippen LogP contribution < -0.4 is 21.3 Å². The maximum Gasteiger partial charge on any atom is 0.139 e. The molecule has 7 aromatic rings. The quantitative estimate of drug-likeness (QED) is 0.128. The number of hydrogen-bond donors (Lipinski definition) is 4. The van der Waals surface area contributed by atoms with E-state index in [2.05, 4.69) is 222 Å². The molecule has 5 unspecified atom stereocenters. The summed E-state index contributed by atoms with van der Waals surface area (Å²) in [6.45, 7) is 0. The standard InChI is InChI=1S/C54H44N4/c1-3-15-37(16-4-1)48-34-49(39-17-5-2-6-18-39)55-50-33-47(45-21-11-12-22-46(45)51(48)50)38-25-27-40(28-26-38)52-56-53(43-29-23-35-13-7-9-19-41(35)31-43)58-54(57-52)44-30-24-36-14-8-10-20-42(36)32-44/h1-23,25-34,36,49,52-58H,24H2/p+1. The second kappa shape index (κ2) is 14.8. The highest BCUT2D eigenvalue weighted by Crippen LogP contribution is 2.43. The largest absolute Gasteiger partial charge is 0.304 e. The van der Waals surface area contributed by atoms with Crippen molar-refractivity contribution >= 4 is 32.8 Å². The Morgan fingerprint density at radius 2 is 1.21 bits per heavy atom. The zero-order valence-electron chi connectivity index (χ0n) is 32.2. The fourth-order valence-corrected chi connectivity index (χ4v) is 9.45. The van der Waals surface area contributed by atoms with Crippen LogP contribution in [0.25, 0.3) is 38.2 Å². The Morgan fingerprint density at radius 3 is 2.03 bits per heavy atom. The van der Waals surface area contributed by atoms with Crippen LogP contribution in [-0.4, -0.2) is 6.17 Å². The number of hydrogen-bond acceptors (Lipinski definition) is 3. The molecule has 2 heterocycles. The van der Waals surface area contributed by atoms with Gasteiger partial charge in [-0.1, -0.05) is 182 Å². The number of nitrogens with one attached hydrogen (secondary N) is 3. The van der Waals surface area contributed by atoms with Gasteiger partial charge in [-0.3, -0.25) is 16.0 Å². The molecule has 58 heavy (non-hydrogen) atoms. The highest BCUT2D eigenvalue weighted by molar-refractivity contribution is 6.08. The van der Waals surface area contributed by atoms with Crippen molar-refractivity contribution in [1.82, 2.24) is 16.0 Å². The Morgan fingerprint density at radius 1 is 0.517 bits per heavy atom. The zero-order valence-corrected chi connectivity index (χ0v) is 32.2. The number of allylic oxidation sites excluding steroid dienone is 6. The number of benzene rings is 7. The van der Waals surface area contributed by atoms with E-state index in [4.69, 9.17) is 0 Å². The first-order chi connectivity index (χ1) is 28.7. The van der Waals surface area contributed by atoms with Crippen molar-refractivity contribution in [3.05, 3.63) is 239 Å². The van der Waals surface area contributed by atoms with Gasteiger partial charge in [0.05, 0.1) is 24.1 Å². The molecule has 1 fully saturated rings. The summed E-state index contributed by atoms with van der Waals surface area (Å²) in [5.74, 6) is 0.456. The molecule has 5 atom stereocenters. The maximum atomic E-state index is 3.95. The van der Waals surface area contributed by atoms with Gasteiger partial charge < -0.3 is 5.32 Å². The molecule has 0 aromatic heterocycles. The van der Waals surface area contributed by atoms with Crippen LogP contribution >= 0.6 is 0 Å². The van der Waals surface area contributed by atoms with E-state index in [1.165, 1.54) is 82.9 Å². The van der Waals surface area contributed by atoms with Crippen molar-refractivity contribution in [1.29, 1.82) is 0 Å². The molecule has 2 aliphatic carbocycles. The summed E-state index contributed by atoms with van der Waals surface area (Å²) >= 11 is 0. The molecule has 4 heteroatoms. The van der Waals surface area contributed by atoms with Crippen molar-refractivity contribution in [2.24, 2.45) is 5.92 Å². The third kappa shape index (κ3) is 6.47. The molecule has 0 amide bonds. The normalized spacial score (nSPS) is 22.5. The highest BCUT2D eigenvalue weighted by atomic mass is 15.4. The first-order valence-electron chi connectivity index (χ1n) is 20.6. The van der Waals surface area contributed by atoms with Gasteiger partial charge in [0.15, 0.2) is 0 Å². The Kier molecular flexibility index (Phi) is 8.91. The van der Waals surface area contributed by atoms with Crippen LogP contribution in [0.4, 0.5) is 5.69 Å². The molecule has 0 spiro atoms. The minimum Gasteiger partial charge on any atom is -0.304 e. The Bertz CT molecular complexity index is 2830. The topological polar surface area (TPSA) is 52.7 Å². The van der Waals surface area contributed by atoms with E-state index in [0.717, 1.165) is 6.42 Å². The summed E-state index contributed by atoms with van der Waals surface area (Å²) in [4.78, 5) is 0. The fraction of sp³-hybridized carbons (Fsp3) is 0.111. The Labute approximate surface area is 340 Å². The third-order valence-electron chi connectivity index (χ3n) is 12.4. The van der Waals surface area contributed by atoms with Crippen LogP contribution in [0.1, 0.15) is 52.6 Å². The van der Waals surface area contributed by atoms with Gasteiger partial charge in [0.2, 0.25) is 0 Å². The molecule has 11 rings (SSSR count). The zero-order chi connectivity index (χ0) is 38.4. The van der Waals surface area contributed by atoms with Crippen LogP contribution in [0.3, 0.4) is 0 Å². The predicted molar refractivity (Wildman–Crippen MR) is 239 cm³/mol. The molecule has 0 saturated carbocycles. The van der Waals surface area contributed by atoms with E-state index in [1.807, 2.05) is 0 Å².